The quantitative estimate of drug-likeness (QED) is 0.565. The van der Waals surface area contributed by atoms with Gasteiger partial charge in [-0.05, 0) is 20.4 Å². The van der Waals surface area contributed by atoms with E-state index >= 15 is 0 Å². The molecule has 0 aliphatic rings. The number of rotatable bonds is 3. The molecule has 1 atom stereocenters. The topological polar surface area (TPSA) is 40.5 Å². The first-order valence-corrected chi connectivity index (χ1v) is 4.25. The summed E-state index contributed by atoms with van der Waals surface area (Å²) in [5, 5.41) is 8.78. The number of likely N-dealkylation sites (N-methyl/N-ethyl adjacent to an activating group) is 1. The van der Waals surface area contributed by atoms with Crippen LogP contribution in [0.15, 0.2) is 0 Å². The van der Waals surface area contributed by atoms with E-state index in [0.29, 0.717) is 6.42 Å². The largest absolute Gasteiger partial charge is 0.480 e. The molecule has 60 valence electrons. The Morgan fingerprint density at radius 1 is 1.80 bits per heavy atom. The van der Waals surface area contributed by atoms with Crippen LogP contribution in [0.2, 0.25) is 0 Å². The molecule has 0 saturated carbocycles. The van der Waals surface area contributed by atoms with Crippen LogP contribution in [0.3, 0.4) is 0 Å². The van der Waals surface area contributed by atoms with Crippen molar-refractivity contribution >= 4 is 16.4 Å². The van der Waals surface area contributed by atoms with Crippen molar-refractivity contribution in [1.82, 2.24) is 4.57 Å². The number of carboxylic acid groups (broad SMARTS) is 1. The number of hydrogen-bond acceptors (Lipinski definition) is 2. The number of nitrogens with zero attached hydrogens (tertiary/aromatic N) is 1. The van der Waals surface area contributed by atoms with Crippen LogP contribution in [0.5, 0.6) is 0 Å². The summed E-state index contributed by atoms with van der Waals surface area (Å²) in [7, 11) is 2.62. The SMILES string of the molecule is CCC(C)(C(=O)O)N(C)[SiH3]. The minimum Gasteiger partial charge on any atom is -0.480 e. The minimum atomic E-state index is -0.729. The Balaban J connectivity index is 4.38. The summed E-state index contributed by atoms with van der Waals surface area (Å²) < 4.78 is 1.86. The molecule has 0 amide bonds. The van der Waals surface area contributed by atoms with E-state index in [-0.39, 0.29) is 0 Å². The Morgan fingerprint density at radius 2 is 2.20 bits per heavy atom. The number of hydrogen-bond donors (Lipinski definition) is 1. The Bertz CT molecular complexity index is 138. The summed E-state index contributed by atoms with van der Waals surface area (Å²) in [6.45, 7) is 3.64. The zero-order valence-corrected chi connectivity index (χ0v) is 9.01. The van der Waals surface area contributed by atoms with Gasteiger partial charge in [0.05, 0.1) is 10.4 Å². The zero-order chi connectivity index (χ0) is 8.36. The highest BCUT2D eigenvalue weighted by Gasteiger charge is 2.32. The van der Waals surface area contributed by atoms with Gasteiger partial charge in [0.2, 0.25) is 0 Å². The number of carbonyl (C=O) groups is 1. The Morgan fingerprint density at radius 3 is 2.20 bits per heavy atom. The minimum absolute atomic E-state index is 0.647. The molecule has 0 heterocycles. The summed E-state index contributed by atoms with van der Waals surface area (Å²) in [5.74, 6) is -0.729. The van der Waals surface area contributed by atoms with E-state index in [1.54, 1.807) is 6.92 Å². The third kappa shape index (κ3) is 1.57. The van der Waals surface area contributed by atoms with Gasteiger partial charge in [0.15, 0.2) is 0 Å². The smallest absolute Gasteiger partial charge is 0.323 e. The second-order valence-electron chi connectivity index (χ2n) is 2.83. The van der Waals surface area contributed by atoms with Crippen molar-refractivity contribution in [1.29, 1.82) is 0 Å². The molecule has 10 heavy (non-hydrogen) atoms. The molecular weight excluding hydrogens is 146 g/mol. The Labute approximate surface area is 64.5 Å². The predicted octanol–water partition coefficient (Wildman–Crippen LogP) is -0.548. The highest BCUT2D eigenvalue weighted by Crippen LogP contribution is 2.14. The van der Waals surface area contributed by atoms with Crippen molar-refractivity contribution in [2.45, 2.75) is 25.8 Å². The standard InChI is InChI=1S/C6H15NO2Si/c1-4-6(2,5(8)9)7(3)10/h4H2,1-3,10H3,(H,8,9). The molecule has 3 nitrogen and oxygen atoms in total. The van der Waals surface area contributed by atoms with E-state index in [9.17, 15) is 4.79 Å². The molecule has 1 N–H and O–H groups in total. The number of aliphatic carboxylic acids is 1. The van der Waals surface area contributed by atoms with Gasteiger partial charge in [-0.25, -0.2) is 0 Å². The third-order valence-corrected chi connectivity index (χ3v) is 3.12. The molecule has 0 saturated heterocycles. The molecule has 0 rings (SSSR count). The van der Waals surface area contributed by atoms with Gasteiger partial charge in [-0.1, -0.05) is 6.92 Å². The van der Waals surface area contributed by atoms with E-state index in [2.05, 4.69) is 0 Å². The van der Waals surface area contributed by atoms with Crippen molar-refractivity contribution in [2.24, 2.45) is 0 Å². The zero-order valence-electron chi connectivity index (χ0n) is 7.01. The average molecular weight is 161 g/mol. The molecule has 0 aliphatic carbocycles. The van der Waals surface area contributed by atoms with Gasteiger partial charge < -0.3 is 9.67 Å². The van der Waals surface area contributed by atoms with Crippen LogP contribution in [0.25, 0.3) is 0 Å². The fraction of sp³-hybridized carbons (Fsp3) is 0.833. The molecular formula is C6H15NO2Si. The number of carboxylic acids is 1. The van der Waals surface area contributed by atoms with Crippen molar-refractivity contribution in [3.05, 3.63) is 0 Å². The molecule has 0 aliphatic heterocycles. The van der Waals surface area contributed by atoms with E-state index < -0.39 is 11.5 Å². The third-order valence-electron chi connectivity index (χ3n) is 2.14. The van der Waals surface area contributed by atoms with Crippen LogP contribution >= 0.6 is 0 Å². The summed E-state index contributed by atoms with van der Waals surface area (Å²) >= 11 is 0. The molecule has 1 unspecified atom stereocenters. The van der Waals surface area contributed by atoms with Gasteiger partial charge in [-0.3, -0.25) is 4.79 Å². The lowest BCUT2D eigenvalue weighted by atomic mass is 10.00. The first kappa shape index (κ1) is 9.65. The summed E-state index contributed by atoms with van der Waals surface area (Å²) in [4.78, 5) is 10.7. The van der Waals surface area contributed by atoms with Gasteiger partial charge in [0, 0.05) is 0 Å². The molecule has 0 radical (unpaired) electrons. The second kappa shape index (κ2) is 3.16. The summed E-state index contributed by atoms with van der Waals surface area (Å²) in [6, 6.07) is 0. The summed E-state index contributed by atoms with van der Waals surface area (Å²) in [5.41, 5.74) is -0.647. The Hall–Kier alpha value is -0.353. The lowest BCUT2D eigenvalue weighted by Gasteiger charge is -2.31. The lowest BCUT2D eigenvalue weighted by Crippen LogP contribution is -2.48. The van der Waals surface area contributed by atoms with Crippen molar-refractivity contribution in [2.75, 3.05) is 7.05 Å². The van der Waals surface area contributed by atoms with Crippen molar-refractivity contribution in [3.8, 4) is 0 Å². The Kier molecular flexibility index (Phi) is 3.05. The first-order valence-electron chi connectivity index (χ1n) is 3.36. The molecule has 0 bridgehead atoms. The van der Waals surface area contributed by atoms with E-state index in [0.717, 1.165) is 10.4 Å². The van der Waals surface area contributed by atoms with Gasteiger partial charge in [0.1, 0.15) is 5.54 Å². The van der Waals surface area contributed by atoms with Gasteiger partial charge in [-0.15, -0.1) is 0 Å². The highest BCUT2D eigenvalue weighted by molar-refractivity contribution is 6.06. The van der Waals surface area contributed by atoms with Gasteiger partial charge in [0.25, 0.3) is 0 Å². The van der Waals surface area contributed by atoms with Crippen LogP contribution in [-0.4, -0.2) is 38.6 Å². The summed E-state index contributed by atoms with van der Waals surface area (Å²) in [6.07, 6.45) is 0.655. The van der Waals surface area contributed by atoms with Crippen LogP contribution in [-0.2, 0) is 4.79 Å². The lowest BCUT2D eigenvalue weighted by molar-refractivity contribution is -0.147. The van der Waals surface area contributed by atoms with Gasteiger partial charge >= 0.3 is 5.97 Å². The highest BCUT2D eigenvalue weighted by atomic mass is 28.2. The molecule has 0 aromatic heterocycles. The first-order chi connectivity index (χ1) is 4.45. The van der Waals surface area contributed by atoms with E-state index in [1.165, 1.54) is 0 Å². The molecule has 0 aromatic carbocycles. The predicted molar refractivity (Wildman–Crippen MR) is 44.0 cm³/mol. The van der Waals surface area contributed by atoms with Crippen LogP contribution < -0.4 is 0 Å². The monoisotopic (exact) mass is 161 g/mol. The average Bonchev–Trinajstić information content (AvgIpc) is 1.85. The van der Waals surface area contributed by atoms with Gasteiger partial charge in [-0.2, -0.15) is 0 Å². The van der Waals surface area contributed by atoms with E-state index in [4.69, 9.17) is 5.11 Å². The fourth-order valence-corrected chi connectivity index (χ4v) is 1.17. The maximum absolute atomic E-state index is 10.7. The molecule has 0 spiro atoms. The molecule has 0 aromatic rings. The molecule has 4 heteroatoms. The van der Waals surface area contributed by atoms with Crippen LogP contribution in [0.4, 0.5) is 0 Å². The maximum Gasteiger partial charge on any atom is 0.323 e. The van der Waals surface area contributed by atoms with Crippen LogP contribution in [0, 0.1) is 0 Å². The van der Waals surface area contributed by atoms with Crippen molar-refractivity contribution < 1.29 is 9.90 Å². The van der Waals surface area contributed by atoms with Crippen molar-refractivity contribution in [3.63, 3.8) is 0 Å². The van der Waals surface area contributed by atoms with E-state index in [1.807, 2.05) is 18.5 Å². The fourth-order valence-electron chi connectivity index (χ4n) is 0.659. The maximum atomic E-state index is 10.7. The molecule has 0 fully saturated rings. The normalized spacial score (nSPS) is 17.2. The second-order valence-corrected chi connectivity index (χ2v) is 4.17. The van der Waals surface area contributed by atoms with Crippen LogP contribution in [0.1, 0.15) is 20.3 Å².